The monoisotopic (exact) mass is 670 g/mol. The van der Waals surface area contributed by atoms with Crippen molar-refractivity contribution < 1.29 is 0 Å². The zero-order chi connectivity index (χ0) is 34.9. The van der Waals surface area contributed by atoms with Gasteiger partial charge in [0.05, 0.1) is 5.41 Å². The van der Waals surface area contributed by atoms with E-state index in [1.807, 2.05) is 0 Å². The van der Waals surface area contributed by atoms with Crippen molar-refractivity contribution in [1.29, 1.82) is 0 Å². The van der Waals surface area contributed by atoms with Crippen molar-refractivity contribution in [3.05, 3.63) is 229 Å². The summed E-state index contributed by atoms with van der Waals surface area (Å²) >= 11 is 0. The fraction of sp³-hybridized carbons (Fsp3) is 0.0189. The quantitative estimate of drug-likeness (QED) is 0.175. The fourth-order valence-corrected chi connectivity index (χ4v) is 9.65. The molecule has 0 bridgehead atoms. The van der Waals surface area contributed by atoms with Crippen LogP contribution in [0.2, 0.25) is 0 Å². The highest BCUT2D eigenvalue weighted by Crippen LogP contribution is 2.68. The Morgan fingerprint density at radius 3 is 1.17 bits per heavy atom. The average molecular weight is 671 g/mol. The minimum Gasteiger partial charge on any atom is -0.0622 e. The molecule has 1 spiro atoms. The molecule has 0 saturated carbocycles. The van der Waals surface area contributed by atoms with Crippen LogP contribution in [0.5, 0.6) is 0 Å². The lowest BCUT2D eigenvalue weighted by Crippen LogP contribution is -2.27. The summed E-state index contributed by atoms with van der Waals surface area (Å²) in [4.78, 5) is 0. The third kappa shape index (κ3) is 4.18. The summed E-state index contributed by atoms with van der Waals surface area (Å²) in [5, 5.41) is 2.53. The lowest BCUT2D eigenvalue weighted by Gasteiger charge is -2.35. The molecule has 9 aromatic rings. The normalized spacial score (nSPS) is 14.9. The number of benzene rings is 9. The van der Waals surface area contributed by atoms with Crippen molar-refractivity contribution in [2.45, 2.75) is 5.41 Å². The second kappa shape index (κ2) is 11.6. The number of hydrogen-bond acceptors (Lipinski definition) is 0. The predicted octanol–water partition coefficient (Wildman–Crippen LogP) is 13.9. The van der Waals surface area contributed by atoms with E-state index in [1.165, 1.54) is 99.8 Å². The van der Waals surface area contributed by atoms with E-state index in [1.54, 1.807) is 0 Å². The Morgan fingerprint density at radius 2 is 0.623 bits per heavy atom. The molecule has 0 heteroatoms. The van der Waals surface area contributed by atoms with Gasteiger partial charge in [-0.15, -0.1) is 0 Å². The number of hydrogen-bond donors (Lipinski definition) is 0. The lowest BCUT2D eigenvalue weighted by atomic mass is 9.66. The van der Waals surface area contributed by atoms with Gasteiger partial charge in [-0.1, -0.05) is 194 Å². The Bertz CT molecular complexity index is 2850. The maximum absolute atomic E-state index is 2.50. The molecule has 246 valence electrons. The Balaban J connectivity index is 1.46. The second-order valence-electron chi connectivity index (χ2n) is 14.3. The smallest absolute Gasteiger partial charge is 0.0622 e. The third-order valence-electron chi connectivity index (χ3n) is 11.6. The maximum Gasteiger partial charge on any atom is 0.0732 e. The molecule has 0 amide bonds. The standard InChI is InChI=1S/C53H34/c1-5-19-35(20-6-1)47-48(36-21-7-2-8-22-36)50(38-25-11-4-12-26-38)52-51(49(47)37-23-9-3-10-24-37)42-30-16-18-32-45(42)53(52)44-31-17-15-29-41(44)43-33-39-27-13-14-28-40(39)34-46(43)53/h1-34H. The molecule has 2 aliphatic carbocycles. The molecule has 0 fully saturated rings. The van der Waals surface area contributed by atoms with Crippen LogP contribution in [0.25, 0.3) is 77.5 Å². The SMILES string of the molecule is c1ccc(-c2c(-c3ccccc3)c(-c3ccccc3)c3c(c2-c2ccccc2)-c2ccccc2C32c3ccccc3-c3cc4ccccc4cc32)cc1. The molecule has 0 aliphatic heterocycles. The number of fused-ring (bicyclic) bond motifs is 11. The van der Waals surface area contributed by atoms with Crippen LogP contribution in [0.15, 0.2) is 206 Å². The van der Waals surface area contributed by atoms with Crippen LogP contribution in [-0.4, -0.2) is 0 Å². The molecule has 0 saturated heterocycles. The van der Waals surface area contributed by atoms with Gasteiger partial charge in [0.25, 0.3) is 0 Å². The summed E-state index contributed by atoms with van der Waals surface area (Å²) in [5.74, 6) is 0. The van der Waals surface area contributed by atoms with Crippen LogP contribution in [0, 0.1) is 0 Å². The minimum atomic E-state index is -0.560. The van der Waals surface area contributed by atoms with Crippen LogP contribution >= 0.6 is 0 Å². The van der Waals surface area contributed by atoms with E-state index in [-0.39, 0.29) is 0 Å². The van der Waals surface area contributed by atoms with Gasteiger partial charge < -0.3 is 0 Å². The molecule has 1 unspecified atom stereocenters. The molecule has 0 N–H and O–H groups in total. The average Bonchev–Trinajstić information content (AvgIpc) is 3.70. The molecule has 9 aromatic carbocycles. The largest absolute Gasteiger partial charge is 0.0732 e. The molecule has 0 aromatic heterocycles. The van der Waals surface area contributed by atoms with Gasteiger partial charge in [-0.25, -0.2) is 0 Å². The van der Waals surface area contributed by atoms with Crippen LogP contribution < -0.4 is 0 Å². The van der Waals surface area contributed by atoms with Crippen LogP contribution in [0.3, 0.4) is 0 Å². The molecule has 11 rings (SSSR count). The van der Waals surface area contributed by atoms with E-state index in [4.69, 9.17) is 0 Å². The highest BCUT2D eigenvalue weighted by molar-refractivity contribution is 6.14. The summed E-state index contributed by atoms with van der Waals surface area (Å²) in [6.45, 7) is 0. The Hall–Kier alpha value is -6.76. The van der Waals surface area contributed by atoms with Crippen LogP contribution in [0.4, 0.5) is 0 Å². The first-order valence-corrected chi connectivity index (χ1v) is 18.5. The third-order valence-corrected chi connectivity index (χ3v) is 11.6. The molecule has 0 radical (unpaired) electrons. The first kappa shape index (κ1) is 29.9. The molecule has 1 atom stereocenters. The fourth-order valence-electron chi connectivity index (χ4n) is 9.65. The van der Waals surface area contributed by atoms with Crippen molar-refractivity contribution >= 4 is 10.8 Å². The Labute approximate surface area is 310 Å². The first-order chi connectivity index (χ1) is 26.3. The van der Waals surface area contributed by atoms with Gasteiger partial charge in [0.1, 0.15) is 0 Å². The highest BCUT2D eigenvalue weighted by Gasteiger charge is 2.54. The van der Waals surface area contributed by atoms with E-state index >= 15 is 0 Å². The maximum atomic E-state index is 2.50. The molecular formula is C53H34. The van der Waals surface area contributed by atoms with Crippen molar-refractivity contribution in [3.8, 4) is 66.8 Å². The Kier molecular flexibility index (Phi) is 6.57. The molecular weight excluding hydrogens is 637 g/mol. The van der Waals surface area contributed by atoms with Crippen molar-refractivity contribution in [1.82, 2.24) is 0 Å². The van der Waals surface area contributed by atoms with E-state index in [9.17, 15) is 0 Å². The van der Waals surface area contributed by atoms with Crippen LogP contribution in [0.1, 0.15) is 22.3 Å². The van der Waals surface area contributed by atoms with Gasteiger partial charge >= 0.3 is 0 Å². The van der Waals surface area contributed by atoms with Gasteiger partial charge in [0.2, 0.25) is 0 Å². The second-order valence-corrected chi connectivity index (χ2v) is 14.3. The first-order valence-electron chi connectivity index (χ1n) is 18.5. The highest BCUT2D eigenvalue weighted by atomic mass is 14.5. The summed E-state index contributed by atoms with van der Waals surface area (Å²) < 4.78 is 0. The van der Waals surface area contributed by atoms with Gasteiger partial charge in [-0.05, 0) is 112 Å². The summed E-state index contributed by atoms with van der Waals surface area (Å²) in [6, 6.07) is 76.7. The Morgan fingerprint density at radius 1 is 0.245 bits per heavy atom. The van der Waals surface area contributed by atoms with Gasteiger partial charge in [-0.2, -0.15) is 0 Å². The molecule has 2 aliphatic rings. The van der Waals surface area contributed by atoms with Crippen molar-refractivity contribution in [2.24, 2.45) is 0 Å². The molecule has 53 heavy (non-hydrogen) atoms. The van der Waals surface area contributed by atoms with E-state index < -0.39 is 5.41 Å². The zero-order valence-electron chi connectivity index (χ0n) is 29.1. The molecule has 0 nitrogen and oxygen atoms in total. The summed E-state index contributed by atoms with van der Waals surface area (Å²) in [6.07, 6.45) is 0. The van der Waals surface area contributed by atoms with E-state index in [0.717, 1.165) is 0 Å². The predicted molar refractivity (Wildman–Crippen MR) is 222 cm³/mol. The van der Waals surface area contributed by atoms with E-state index in [0.29, 0.717) is 0 Å². The van der Waals surface area contributed by atoms with Crippen molar-refractivity contribution in [2.75, 3.05) is 0 Å². The van der Waals surface area contributed by atoms with Crippen LogP contribution in [-0.2, 0) is 5.41 Å². The van der Waals surface area contributed by atoms with Gasteiger partial charge in [0, 0.05) is 0 Å². The number of rotatable bonds is 4. The summed E-state index contributed by atoms with van der Waals surface area (Å²) in [7, 11) is 0. The zero-order valence-corrected chi connectivity index (χ0v) is 29.1. The summed E-state index contributed by atoms with van der Waals surface area (Å²) in [5.41, 5.74) is 20.0. The van der Waals surface area contributed by atoms with Crippen molar-refractivity contribution in [3.63, 3.8) is 0 Å². The minimum absolute atomic E-state index is 0.560. The topological polar surface area (TPSA) is 0 Å². The molecule has 0 heterocycles. The van der Waals surface area contributed by atoms with E-state index in [2.05, 4.69) is 206 Å². The van der Waals surface area contributed by atoms with Gasteiger partial charge in [0.15, 0.2) is 0 Å². The lowest BCUT2D eigenvalue weighted by molar-refractivity contribution is 0.797. The van der Waals surface area contributed by atoms with Gasteiger partial charge in [-0.3, -0.25) is 0 Å².